The van der Waals surface area contributed by atoms with Crippen molar-refractivity contribution in [2.45, 2.75) is 12.6 Å². The second kappa shape index (κ2) is 5.74. The lowest BCUT2D eigenvalue weighted by atomic mass is 10.1. The number of hydrogen-bond donors (Lipinski definition) is 0. The summed E-state index contributed by atoms with van der Waals surface area (Å²) in [5, 5.41) is 0. The smallest absolute Gasteiger partial charge is 0.416 e. The minimum absolute atomic E-state index is 0.0574. The van der Waals surface area contributed by atoms with Crippen LogP contribution in [0.2, 0.25) is 0 Å². The fraction of sp³-hybridized carbons (Fsp3) is 0.235. The topological polar surface area (TPSA) is 38.8 Å². The van der Waals surface area contributed by atoms with Gasteiger partial charge in [-0.15, -0.1) is 0 Å². The maximum absolute atomic E-state index is 13.0. The summed E-state index contributed by atoms with van der Waals surface area (Å²) in [5.41, 5.74) is 0.432. The first-order valence-corrected chi connectivity index (χ1v) is 7.10. The zero-order chi connectivity index (χ0) is 17.5. The summed E-state index contributed by atoms with van der Waals surface area (Å²) in [6.07, 6.45) is -4.41. The van der Waals surface area contributed by atoms with Crippen LogP contribution < -0.4 is 14.4 Å². The summed E-state index contributed by atoms with van der Waals surface area (Å²) in [6, 6.07) is 8.10. The van der Waals surface area contributed by atoms with Crippen molar-refractivity contribution in [3.63, 3.8) is 0 Å². The van der Waals surface area contributed by atoms with Crippen molar-refractivity contribution < 1.29 is 27.4 Å². The van der Waals surface area contributed by atoms with Gasteiger partial charge < -0.3 is 9.47 Å². The van der Waals surface area contributed by atoms with Crippen molar-refractivity contribution in [1.29, 1.82) is 0 Å². The average molecular weight is 337 g/mol. The number of fused-ring (bicyclic) bond motifs is 1. The summed E-state index contributed by atoms with van der Waals surface area (Å²) in [4.78, 5) is 13.6. The molecule has 4 nitrogen and oxygen atoms in total. The maximum Gasteiger partial charge on any atom is 0.416 e. The van der Waals surface area contributed by atoms with Gasteiger partial charge in [0, 0.05) is 6.07 Å². The molecule has 2 aromatic rings. The van der Waals surface area contributed by atoms with E-state index in [1.807, 2.05) is 0 Å². The molecule has 0 bridgehead atoms. The third kappa shape index (κ3) is 2.66. The van der Waals surface area contributed by atoms with Gasteiger partial charge in [0.2, 0.25) is 5.91 Å². The number of rotatable bonds is 3. The minimum atomic E-state index is -4.47. The molecule has 0 aromatic heterocycles. The van der Waals surface area contributed by atoms with Gasteiger partial charge in [-0.1, -0.05) is 6.07 Å². The number of halogens is 3. The van der Waals surface area contributed by atoms with Crippen LogP contribution in [-0.4, -0.2) is 20.1 Å². The van der Waals surface area contributed by atoms with E-state index >= 15 is 0 Å². The summed E-state index contributed by atoms with van der Waals surface area (Å²) < 4.78 is 49.2. The highest BCUT2D eigenvalue weighted by Gasteiger charge is 2.35. The maximum atomic E-state index is 13.0. The quantitative estimate of drug-likeness (QED) is 0.851. The highest BCUT2D eigenvalue weighted by Crippen LogP contribution is 2.41. The van der Waals surface area contributed by atoms with Crippen molar-refractivity contribution in [1.82, 2.24) is 0 Å². The van der Waals surface area contributed by atoms with Crippen molar-refractivity contribution in [2.75, 3.05) is 19.1 Å². The number of methoxy groups -OCH3 is 2. The highest BCUT2D eigenvalue weighted by molar-refractivity contribution is 6.07. The van der Waals surface area contributed by atoms with Gasteiger partial charge in [-0.2, -0.15) is 13.2 Å². The highest BCUT2D eigenvalue weighted by atomic mass is 19.4. The number of amides is 1. The number of ether oxygens (including phenoxy) is 2. The normalized spacial score (nSPS) is 13.9. The van der Waals surface area contributed by atoms with E-state index in [1.54, 1.807) is 18.2 Å². The predicted octanol–water partition coefficient (Wildman–Crippen LogP) is 3.94. The Morgan fingerprint density at radius 3 is 2.33 bits per heavy atom. The van der Waals surface area contributed by atoms with Crippen LogP contribution >= 0.6 is 0 Å². The standard InChI is InChI=1S/C17H14F3NO3/c1-23-14-6-5-12(9-15(14)24-2)21-13-8-11(17(18,19)20)4-3-10(13)7-16(21)22/h3-6,8-9H,7H2,1-2H3. The molecule has 0 N–H and O–H groups in total. The first-order valence-electron chi connectivity index (χ1n) is 7.10. The molecule has 24 heavy (non-hydrogen) atoms. The molecule has 0 spiro atoms. The van der Waals surface area contributed by atoms with E-state index in [4.69, 9.17) is 9.47 Å². The van der Waals surface area contributed by atoms with Crippen molar-refractivity contribution >= 4 is 17.3 Å². The van der Waals surface area contributed by atoms with Crippen LogP contribution in [0.1, 0.15) is 11.1 Å². The summed E-state index contributed by atoms with van der Waals surface area (Å²) in [5.74, 6) is 0.567. The average Bonchev–Trinajstić information content (AvgIpc) is 2.88. The van der Waals surface area contributed by atoms with E-state index in [9.17, 15) is 18.0 Å². The van der Waals surface area contributed by atoms with Crippen LogP contribution in [0.25, 0.3) is 0 Å². The Bertz CT molecular complexity index is 802. The molecule has 0 saturated carbocycles. The molecular formula is C17H14F3NO3. The summed E-state index contributed by atoms with van der Waals surface area (Å²) in [6.45, 7) is 0. The fourth-order valence-corrected chi connectivity index (χ4v) is 2.72. The molecule has 126 valence electrons. The van der Waals surface area contributed by atoms with E-state index in [1.165, 1.54) is 25.2 Å². The SMILES string of the molecule is COc1ccc(N2C(=O)Cc3ccc(C(F)(F)F)cc32)cc1OC. The number of carbonyl (C=O) groups excluding carboxylic acids is 1. The molecule has 0 radical (unpaired) electrons. The Balaban J connectivity index is 2.09. The lowest BCUT2D eigenvalue weighted by Crippen LogP contribution is -2.21. The van der Waals surface area contributed by atoms with Gasteiger partial charge in [-0.3, -0.25) is 9.69 Å². The molecule has 1 amide bonds. The zero-order valence-corrected chi connectivity index (χ0v) is 13.0. The van der Waals surface area contributed by atoms with Crippen LogP contribution in [0.5, 0.6) is 11.5 Å². The lowest BCUT2D eigenvalue weighted by molar-refractivity contribution is -0.137. The van der Waals surface area contributed by atoms with E-state index in [0.29, 0.717) is 22.7 Å². The van der Waals surface area contributed by atoms with Crippen molar-refractivity contribution in [2.24, 2.45) is 0 Å². The Morgan fingerprint density at radius 1 is 1.00 bits per heavy atom. The largest absolute Gasteiger partial charge is 0.493 e. The first-order chi connectivity index (χ1) is 11.3. The number of alkyl halides is 3. The second-order valence-corrected chi connectivity index (χ2v) is 5.29. The van der Waals surface area contributed by atoms with Gasteiger partial charge in [-0.25, -0.2) is 0 Å². The molecule has 0 saturated heterocycles. The lowest BCUT2D eigenvalue weighted by Gasteiger charge is -2.20. The third-order valence-corrected chi connectivity index (χ3v) is 3.87. The Hall–Kier alpha value is -2.70. The zero-order valence-electron chi connectivity index (χ0n) is 13.0. The van der Waals surface area contributed by atoms with Gasteiger partial charge in [0.1, 0.15) is 0 Å². The Kier molecular flexibility index (Phi) is 3.87. The van der Waals surface area contributed by atoms with Crippen molar-refractivity contribution in [3.8, 4) is 11.5 Å². The number of nitrogens with zero attached hydrogens (tertiary/aromatic N) is 1. The van der Waals surface area contributed by atoms with Crippen LogP contribution in [0.3, 0.4) is 0 Å². The molecule has 3 rings (SSSR count). The molecule has 0 fully saturated rings. The molecule has 0 aliphatic carbocycles. The number of carbonyl (C=O) groups is 1. The van der Waals surface area contributed by atoms with E-state index in [2.05, 4.69) is 0 Å². The first kappa shape index (κ1) is 16.2. The Morgan fingerprint density at radius 2 is 1.71 bits per heavy atom. The molecule has 1 aliphatic rings. The molecule has 1 aliphatic heterocycles. The minimum Gasteiger partial charge on any atom is -0.493 e. The number of hydrogen-bond acceptors (Lipinski definition) is 3. The third-order valence-electron chi connectivity index (χ3n) is 3.87. The molecule has 7 heteroatoms. The van der Waals surface area contributed by atoms with Gasteiger partial charge in [0.15, 0.2) is 11.5 Å². The summed E-state index contributed by atoms with van der Waals surface area (Å²) >= 11 is 0. The van der Waals surface area contributed by atoms with Crippen molar-refractivity contribution in [3.05, 3.63) is 47.5 Å². The number of benzene rings is 2. The van der Waals surface area contributed by atoms with Gasteiger partial charge in [0.05, 0.1) is 37.6 Å². The second-order valence-electron chi connectivity index (χ2n) is 5.29. The van der Waals surface area contributed by atoms with Crippen LogP contribution in [0.15, 0.2) is 36.4 Å². The number of anilines is 2. The van der Waals surface area contributed by atoms with Gasteiger partial charge in [0.25, 0.3) is 0 Å². The van der Waals surface area contributed by atoms with Crippen LogP contribution in [-0.2, 0) is 17.4 Å². The molecule has 0 atom stereocenters. The van der Waals surface area contributed by atoms with Crippen LogP contribution in [0, 0.1) is 0 Å². The van der Waals surface area contributed by atoms with E-state index in [-0.39, 0.29) is 18.0 Å². The Labute approximate surface area is 136 Å². The van der Waals surface area contributed by atoms with Crippen LogP contribution in [0.4, 0.5) is 24.5 Å². The predicted molar refractivity (Wildman–Crippen MR) is 81.8 cm³/mol. The van der Waals surface area contributed by atoms with E-state index in [0.717, 1.165) is 12.1 Å². The van der Waals surface area contributed by atoms with E-state index < -0.39 is 11.7 Å². The monoisotopic (exact) mass is 337 g/mol. The van der Waals surface area contributed by atoms with Gasteiger partial charge in [-0.05, 0) is 29.8 Å². The molecule has 0 unspecified atom stereocenters. The van der Waals surface area contributed by atoms with Gasteiger partial charge >= 0.3 is 6.18 Å². The fourth-order valence-electron chi connectivity index (χ4n) is 2.72. The summed E-state index contributed by atoms with van der Waals surface area (Å²) in [7, 11) is 2.92. The molecule has 2 aromatic carbocycles. The molecule has 1 heterocycles. The molecular weight excluding hydrogens is 323 g/mol.